The highest BCUT2D eigenvalue weighted by molar-refractivity contribution is 7.80. The summed E-state index contributed by atoms with van der Waals surface area (Å²) >= 11 is 4.91. The standard InChI is InChI=1S/C12H18N4OS/c1-7(2)15-12(17)8(3)16-9-5-4-6-14-10(9)11(13)18/h4-8,16H,1-3H3,(H2,13,18)(H,15,17). The summed E-state index contributed by atoms with van der Waals surface area (Å²) in [5.74, 6) is -0.0808. The molecule has 1 rings (SSSR count). The molecule has 4 N–H and O–H groups in total. The molecule has 0 saturated heterocycles. The van der Waals surface area contributed by atoms with Crippen LogP contribution in [0, 0.1) is 0 Å². The third-order valence-corrected chi connectivity index (χ3v) is 2.43. The second-order valence-corrected chi connectivity index (χ2v) is 4.73. The van der Waals surface area contributed by atoms with Crippen molar-refractivity contribution in [3.63, 3.8) is 0 Å². The average molecular weight is 266 g/mol. The van der Waals surface area contributed by atoms with Crippen LogP contribution in [0.5, 0.6) is 0 Å². The number of rotatable bonds is 5. The summed E-state index contributed by atoms with van der Waals surface area (Å²) in [5, 5.41) is 5.88. The molecule has 0 aliphatic heterocycles. The number of nitrogens with zero attached hydrogens (tertiary/aromatic N) is 1. The van der Waals surface area contributed by atoms with E-state index in [0.717, 1.165) is 0 Å². The maximum Gasteiger partial charge on any atom is 0.242 e. The van der Waals surface area contributed by atoms with Gasteiger partial charge in [-0.05, 0) is 32.9 Å². The number of hydrogen-bond donors (Lipinski definition) is 3. The number of amides is 1. The van der Waals surface area contributed by atoms with E-state index in [1.54, 1.807) is 25.3 Å². The van der Waals surface area contributed by atoms with Crippen LogP contribution in [0.4, 0.5) is 5.69 Å². The molecule has 1 unspecified atom stereocenters. The second kappa shape index (κ2) is 6.30. The van der Waals surface area contributed by atoms with Crippen LogP contribution < -0.4 is 16.4 Å². The van der Waals surface area contributed by atoms with Gasteiger partial charge in [0.2, 0.25) is 5.91 Å². The van der Waals surface area contributed by atoms with E-state index in [2.05, 4.69) is 15.6 Å². The van der Waals surface area contributed by atoms with Gasteiger partial charge in [-0.1, -0.05) is 12.2 Å². The minimum atomic E-state index is -0.385. The molecule has 1 amide bonds. The number of hydrogen-bond acceptors (Lipinski definition) is 4. The Kier molecular flexibility index (Phi) is 5.03. The van der Waals surface area contributed by atoms with Crippen molar-refractivity contribution in [2.24, 2.45) is 5.73 Å². The van der Waals surface area contributed by atoms with E-state index in [1.807, 2.05) is 13.8 Å². The Bertz CT molecular complexity index is 447. The Morgan fingerprint density at radius 2 is 2.11 bits per heavy atom. The molecule has 0 aliphatic rings. The normalized spacial score (nSPS) is 12.0. The predicted molar refractivity (Wildman–Crippen MR) is 76.5 cm³/mol. The van der Waals surface area contributed by atoms with Crippen molar-refractivity contribution in [2.75, 3.05) is 5.32 Å². The van der Waals surface area contributed by atoms with Crippen molar-refractivity contribution in [3.8, 4) is 0 Å². The van der Waals surface area contributed by atoms with Gasteiger partial charge in [0.1, 0.15) is 16.7 Å². The molecule has 0 aliphatic carbocycles. The molecule has 1 aromatic rings. The highest BCUT2D eigenvalue weighted by atomic mass is 32.1. The first kappa shape index (κ1) is 14.4. The first-order valence-electron chi connectivity index (χ1n) is 5.73. The van der Waals surface area contributed by atoms with E-state index < -0.39 is 0 Å². The van der Waals surface area contributed by atoms with E-state index in [4.69, 9.17) is 18.0 Å². The van der Waals surface area contributed by atoms with Gasteiger partial charge in [-0.25, -0.2) is 0 Å². The molecule has 6 heteroatoms. The Morgan fingerprint density at radius 1 is 1.44 bits per heavy atom. The van der Waals surface area contributed by atoms with Gasteiger partial charge >= 0.3 is 0 Å². The van der Waals surface area contributed by atoms with Crippen LogP contribution in [0.3, 0.4) is 0 Å². The monoisotopic (exact) mass is 266 g/mol. The number of carbonyl (C=O) groups is 1. The number of anilines is 1. The summed E-state index contributed by atoms with van der Waals surface area (Å²) in [5.41, 5.74) is 6.74. The van der Waals surface area contributed by atoms with E-state index in [9.17, 15) is 4.79 Å². The van der Waals surface area contributed by atoms with Crippen LogP contribution in [0.2, 0.25) is 0 Å². The third-order valence-electron chi connectivity index (χ3n) is 2.24. The van der Waals surface area contributed by atoms with Crippen LogP contribution >= 0.6 is 12.2 Å². The van der Waals surface area contributed by atoms with Crippen molar-refractivity contribution in [3.05, 3.63) is 24.0 Å². The summed E-state index contributed by atoms with van der Waals surface area (Å²) < 4.78 is 0. The smallest absolute Gasteiger partial charge is 0.242 e. The van der Waals surface area contributed by atoms with Crippen molar-refractivity contribution in [1.82, 2.24) is 10.3 Å². The fraction of sp³-hybridized carbons (Fsp3) is 0.417. The van der Waals surface area contributed by atoms with E-state index >= 15 is 0 Å². The summed E-state index contributed by atoms with van der Waals surface area (Å²) in [6, 6.07) is 3.27. The second-order valence-electron chi connectivity index (χ2n) is 4.29. The van der Waals surface area contributed by atoms with E-state index in [0.29, 0.717) is 11.4 Å². The number of nitrogens with one attached hydrogen (secondary N) is 2. The van der Waals surface area contributed by atoms with Crippen molar-refractivity contribution in [1.29, 1.82) is 0 Å². The van der Waals surface area contributed by atoms with Gasteiger partial charge < -0.3 is 16.4 Å². The van der Waals surface area contributed by atoms with Crippen LogP contribution in [0.1, 0.15) is 26.5 Å². The molecule has 0 aromatic carbocycles. The largest absolute Gasteiger partial charge is 0.388 e. The summed E-state index contributed by atoms with van der Waals surface area (Å²) in [7, 11) is 0. The van der Waals surface area contributed by atoms with Gasteiger partial charge in [0.25, 0.3) is 0 Å². The lowest BCUT2D eigenvalue weighted by atomic mass is 10.2. The van der Waals surface area contributed by atoms with Gasteiger partial charge in [-0.2, -0.15) is 0 Å². The summed E-state index contributed by atoms with van der Waals surface area (Å²) in [6.07, 6.45) is 1.61. The fourth-order valence-corrected chi connectivity index (χ4v) is 1.59. The number of nitrogens with two attached hydrogens (primary N) is 1. The van der Waals surface area contributed by atoms with E-state index in [1.165, 1.54) is 0 Å². The molecule has 98 valence electrons. The maximum atomic E-state index is 11.8. The van der Waals surface area contributed by atoms with Gasteiger partial charge in [0, 0.05) is 12.2 Å². The first-order valence-corrected chi connectivity index (χ1v) is 6.14. The molecule has 1 heterocycles. The average Bonchev–Trinajstić information content (AvgIpc) is 2.28. The molecule has 0 spiro atoms. The molecule has 0 bridgehead atoms. The minimum absolute atomic E-state index is 0.0808. The van der Waals surface area contributed by atoms with Crippen LogP contribution in [-0.4, -0.2) is 28.0 Å². The molecule has 0 saturated carbocycles. The van der Waals surface area contributed by atoms with Gasteiger partial charge in [-0.15, -0.1) is 0 Å². The number of thiocarbonyl (C=S) groups is 1. The maximum absolute atomic E-state index is 11.8. The lowest BCUT2D eigenvalue weighted by molar-refractivity contribution is -0.122. The lowest BCUT2D eigenvalue weighted by Crippen LogP contribution is -2.41. The topological polar surface area (TPSA) is 80.0 Å². The van der Waals surface area contributed by atoms with E-state index in [-0.39, 0.29) is 23.0 Å². The van der Waals surface area contributed by atoms with Gasteiger partial charge in [0.05, 0.1) is 5.69 Å². The summed E-state index contributed by atoms with van der Waals surface area (Å²) in [4.78, 5) is 16.1. The molecular weight excluding hydrogens is 248 g/mol. The molecule has 0 fully saturated rings. The van der Waals surface area contributed by atoms with Gasteiger partial charge in [0.15, 0.2) is 0 Å². The predicted octanol–water partition coefficient (Wildman–Crippen LogP) is 1.04. The Balaban J connectivity index is 2.78. The summed E-state index contributed by atoms with van der Waals surface area (Å²) in [6.45, 7) is 5.60. The molecule has 5 nitrogen and oxygen atoms in total. The molecule has 0 radical (unpaired) electrons. The van der Waals surface area contributed by atoms with Crippen molar-refractivity contribution < 1.29 is 4.79 Å². The quantitative estimate of drug-likeness (QED) is 0.694. The SMILES string of the molecule is CC(C)NC(=O)C(C)Nc1cccnc1C(N)=S. The lowest BCUT2D eigenvalue weighted by Gasteiger charge is -2.18. The Hall–Kier alpha value is -1.69. The van der Waals surface area contributed by atoms with Crippen LogP contribution in [0.15, 0.2) is 18.3 Å². The molecule has 1 aromatic heterocycles. The molecule has 1 atom stereocenters. The zero-order valence-corrected chi connectivity index (χ0v) is 11.5. The van der Waals surface area contributed by atoms with Crippen LogP contribution in [0.25, 0.3) is 0 Å². The fourth-order valence-electron chi connectivity index (χ4n) is 1.43. The van der Waals surface area contributed by atoms with Gasteiger partial charge in [-0.3, -0.25) is 9.78 Å². The first-order chi connectivity index (χ1) is 8.41. The minimum Gasteiger partial charge on any atom is -0.388 e. The Morgan fingerprint density at radius 3 is 2.67 bits per heavy atom. The third kappa shape index (κ3) is 3.96. The Labute approximate surface area is 112 Å². The molecule has 18 heavy (non-hydrogen) atoms. The number of pyridine rings is 1. The molecular formula is C12H18N4OS. The highest BCUT2D eigenvalue weighted by Crippen LogP contribution is 2.13. The zero-order valence-electron chi connectivity index (χ0n) is 10.7. The van der Waals surface area contributed by atoms with Crippen molar-refractivity contribution >= 4 is 28.8 Å². The number of aromatic nitrogens is 1. The zero-order chi connectivity index (χ0) is 13.7. The highest BCUT2D eigenvalue weighted by Gasteiger charge is 2.15. The van der Waals surface area contributed by atoms with Crippen LogP contribution in [-0.2, 0) is 4.79 Å². The van der Waals surface area contributed by atoms with Crippen molar-refractivity contribution in [2.45, 2.75) is 32.9 Å². The number of carbonyl (C=O) groups excluding carboxylic acids is 1.